The number of nitrogens with two attached hydrogens (primary N) is 1. The minimum absolute atomic E-state index is 0.0140. The van der Waals surface area contributed by atoms with Crippen LogP contribution < -0.4 is 16.4 Å². The Kier molecular flexibility index (Phi) is 11.7. The number of rotatable bonds is 14. The number of amides is 4. The zero-order chi connectivity index (χ0) is 29.2. The van der Waals surface area contributed by atoms with Gasteiger partial charge in [-0.1, -0.05) is 31.2 Å². The van der Waals surface area contributed by atoms with Gasteiger partial charge in [0.2, 0.25) is 17.7 Å². The summed E-state index contributed by atoms with van der Waals surface area (Å²) in [5.41, 5.74) is 6.19. The highest BCUT2D eigenvalue weighted by atomic mass is 16.6. The fourth-order valence-corrected chi connectivity index (χ4v) is 4.04. The highest BCUT2D eigenvalue weighted by Crippen LogP contribution is 2.36. The number of ether oxygens (including phenoxy) is 2. The summed E-state index contributed by atoms with van der Waals surface area (Å²) in [7, 11) is 0. The SMILES string of the molecule is CCOC(=O)CCNC(=O)C(c1ccc(CC)cc1)N(C(=O)C(CCC(N)=O)NC(=O)OC(C)(C)C)C1CC1. The van der Waals surface area contributed by atoms with E-state index in [1.807, 2.05) is 19.1 Å². The number of benzene rings is 1. The molecule has 1 aliphatic rings. The van der Waals surface area contributed by atoms with Gasteiger partial charge in [0.25, 0.3) is 0 Å². The van der Waals surface area contributed by atoms with Crippen molar-refractivity contribution in [3.63, 3.8) is 0 Å². The molecule has 216 valence electrons. The van der Waals surface area contributed by atoms with E-state index >= 15 is 0 Å². The number of carbonyl (C=O) groups excluding carboxylic acids is 5. The van der Waals surface area contributed by atoms with Crippen LogP contribution in [0.15, 0.2) is 24.3 Å². The molecule has 4 N–H and O–H groups in total. The largest absolute Gasteiger partial charge is 0.466 e. The molecule has 2 atom stereocenters. The van der Waals surface area contributed by atoms with E-state index in [9.17, 15) is 24.0 Å². The summed E-state index contributed by atoms with van der Waals surface area (Å²) >= 11 is 0. The summed E-state index contributed by atoms with van der Waals surface area (Å²) < 4.78 is 10.3. The zero-order valence-electron chi connectivity index (χ0n) is 23.6. The summed E-state index contributed by atoms with van der Waals surface area (Å²) in [5.74, 6) is -2.05. The van der Waals surface area contributed by atoms with Crippen LogP contribution >= 0.6 is 0 Å². The Morgan fingerprint density at radius 2 is 1.69 bits per heavy atom. The van der Waals surface area contributed by atoms with Crippen molar-refractivity contribution in [3.8, 4) is 0 Å². The van der Waals surface area contributed by atoms with Crippen molar-refractivity contribution in [2.24, 2.45) is 5.73 Å². The summed E-state index contributed by atoms with van der Waals surface area (Å²) in [4.78, 5) is 65.0. The first-order chi connectivity index (χ1) is 18.4. The number of primary amides is 1. The van der Waals surface area contributed by atoms with E-state index in [-0.39, 0.29) is 38.5 Å². The van der Waals surface area contributed by atoms with Crippen molar-refractivity contribution in [1.82, 2.24) is 15.5 Å². The maximum atomic E-state index is 14.0. The normalized spacial score (nSPS) is 14.5. The molecule has 39 heavy (non-hydrogen) atoms. The van der Waals surface area contributed by atoms with Crippen LogP contribution in [-0.2, 0) is 35.1 Å². The van der Waals surface area contributed by atoms with Gasteiger partial charge in [-0.25, -0.2) is 4.79 Å². The average Bonchev–Trinajstić information content (AvgIpc) is 3.68. The van der Waals surface area contributed by atoms with Crippen molar-refractivity contribution in [2.75, 3.05) is 13.2 Å². The van der Waals surface area contributed by atoms with Crippen molar-refractivity contribution >= 4 is 29.8 Å². The summed E-state index contributed by atoms with van der Waals surface area (Å²) in [5, 5.41) is 5.33. The van der Waals surface area contributed by atoms with Gasteiger partial charge in [0.05, 0.1) is 13.0 Å². The van der Waals surface area contributed by atoms with Crippen LogP contribution in [0.2, 0.25) is 0 Å². The Hall–Kier alpha value is -3.63. The number of nitrogens with zero attached hydrogens (tertiary/aromatic N) is 1. The first-order valence-electron chi connectivity index (χ1n) is 13.5. The first-order valence-corrected chi connectivity index (χ1v) is 13.5. The number of carbonyl (C=O) groups is 5. The molecule has 1 saturated carbocycles. The second kappa shape index (κ2) is 14.5. The number of hydrogen-bond donors (Lipinski definition) is 3. The molecule has 0 spiro atoms. The van der Waals surface area contributed by atoms with E-state index in [0.29, 0.717) is 18.4 Å². The third kappa shape index (κ3) is 10.6. The lowest BCUT2D eigenvalue weighted by molar-refractivity contribution is -0.145. The number of esters is 1. The van der Waals surface area contributed by atoms with E-state index in [1.165, 1.54) is 4.90 Å². The van der Waals surface area contributed by atoms with Crippen LogP contribution in [0.5, 0.6) is 0 Å². The Balaban J connectivity index is 2.39. The molecule has 4 amide bonds. The minimum atomic E-state index is -1.14. The van der Waals surface area contributed by atoms with Gasteiger partial charge in [-0.2, -0.15) is 0 Å². The fraction of sp³-hybridized carbons (Fsp3) is 0.607. The monoisotopic (exact) mass is 546 g/mol. The molecule has 1 aromatic carbocycles. The third-order valence-corrected chi connectivity index (χ3v) is 6.03. The van der Waals surface area contributed by atoms with Crippen molar-refractivity contribution in [2.45, 2.75) is 96.9 Å². The lowest BCUT2D eigenvalue weighted by atomic mass is 9.99. The maximum Gasteiger partial charge on any atom is 0.408 e. The highest BCUT2D eigenvalue weighted by Gasteiger charge is 2.44. The van der Waals surface area contributed by atoms with Crippen molar-refractivity contribution < 1.29 is 33.4 Å². The maximum absolute atomic E-state index is 14.0. The predicted octanol–water partition coefficient (Wildman–Crippen LogP) is 2.51. The molecule has 1 aliphatic carbocycles. The average molecular weight is 547 g/mol. The fourth-order valence-electron chi connectivity index (χ4n) is 4.04. The van der Waals surface area contributed by atoms with E-state index in [0.717, 1.165) is 12.0 Å². The van der Waals surface area contributed by atoms with Crippen molar-refractivity contribution in [3.05, 3.63) is 35.4 Å². The lowest BCUT2D eigenvalue weighted by Gasteiger charge is -2.34. The zero-order valence-corrected chi connectivity index (χ0v) is 23.6. The molecule has 1 fully saturated rings. The molecule has 0 saturated heterocycles. The van der Waals surface area contributed by atoms with E-state index in [1.54, 1.807) is 39.8 Å². The number of nitrogens with one attached hydrogen (secondary N) is 2. The second-order valence-electron chi connectivity index (χ2n) is 10.5. The molecule has 2 unspecified atom stereocenters. The Morgan fingerprint density at radius 1 is 1.05 bits per heavy atom. The van der Waals surface area contributed by atoms with E-state index < -0.39 is 47.5 Å². The van der Waals surface area contributed by atoms with Crippen LogP contribution in [0.4, 0.5) is 4.79 Å². The predicted molar refractivity (Wildman–Crippen MR) is 144 cm³/mol. The molecule has 11 heteroatoms. The smallest absolute Gasteiger partial charge is 0.408 e. The van der Waals surface area contributed by atoms with E-state index in [2.05, 4.69) is 10.6 Å². The number of aryl methyl sites for hydroxylation is 1. The van der Waals surface area contributed by atoms with Gasteiger partial charge < -0.3 is 30.7 Å². The number of hydrogen-bond acceptors (Lipinski definition) is 7. The molecule has 0 aromatic heterocycles. The molecule has 0 aliphatic heterocycles. The Morgan fingerprint density at radius 3 is 2.21 bits per heavy atom. The molecule has 11 nitrogen and oxygen atoms in total. The highest BCUT2D eigenvalue weighted by molar-refractivity contribution is 5.93. The van der Waals surface area contributed by atoms with E-state index in [4.69, 9.17) is 15.2 Å². The van der Waals surface area contributed by atoms with Gasteiger partial charge in [-0.05, 0) is 64.5 Å². The molecular weight excluding hydrogens is 504 g/mol. The van der Waals surface area contributed by atoms with Crippen LogP contribution in [0, 0.1) is 0 Å². The first kappa shape index (κ1) is 31.6. The van der Waals surface area contributed by atoms with Crippen LogP contribution in [-0.4, -0.2) is 65.5 Å². The molecular formula is C28H42N4O7. The van der Waals surface area contributed by atoms with Gasteiger partial charge in [0.15, 0.2) is 0 Å². The molecule has 1 aromatic rings. The Labute approximate surface area is 230 Å². The number of alkyl carbamates (subject to hydrolysis) is 1. The third-order valence-electron chi connectivity index (χ3n) is 6.03. The Bertz CT molecular complexity index is 1020. The quantitative estimate of drug-likeness (QED) is 0.303. The second-order valence-corrected chi connectivity index (χ2v) is 10.5. The van der Waals surface area contributed by atoms with Gasteiger partial charge >= 0.3 is 12.1 Å². The summed E-state index contributed by atoms with van der Waals surface area (Å²) in [6.07, 6.45) is 1.13. The molecule has 0 radical (unpaired) electrons. The molecule has 0 bridgehead atoms. The van der Waals surface area contributed by atoms with Gasteiger partial charge in [0.1, 0.15) is 17.7 Å². The van der Waals surface area contributed by atoms with Crippen LogP contribution in [0.3, 0.4) is 0 Å². The minimum Gasteiger partial charge on any atom is -0.466 e. The molecule has 2 rings (SSSR count). The standard InChI is InChI=1S/C28H42N4O7/c1-6-18-8-10-19(11-9-18)24(25(35)30-17-16-23(34)38-7-2)32(20-12-13-20)26(36)21(14-15-22(29)33)31-27(37)39-28(3,4)5/h8-11,20-21,24H,6-7,12-17H2,1-5H3,(H2,29,33)(H,30,35)(H,31,37). The summed E-state index contributed by atoms with van der Waals surface area (Å²) in [6.45, 7) is 9.07. The van der Waals surface area contributed by atoms with Gasteiger partial charge in [0, 0.05) is 19.0 Å². The summed E-state index contributed by atoms with van der Waals surface area (Å²) in [6, 6.07) is 5.00. The van der Waals surface area contributed by atoms with Crippen molar-refractivity contribution in [1.29, 1.82) is 0 Å². The molecule has 0 heterocycles. The lowest BCUT2D eigenvalue weighted by Crippen LogP contribution is -2.54. The van der Waals surface area contributed by atoms with Crippen LogP contribution in [0.25, 0.3) is 0 Å². The van der Waals surface area contributed by atoms with Gasteiger partial charge in [-0.3, -0.25) is 19.2 Å². The topological polar surface area (TPSA) is 157 Å². The van der Waals surface area contributed by atoms with Gasteiger partial charge in [-0.15, -0.1) is 0 Å². The van der Waals surface area contributed by atoms with Crippen LogP contribution in [0.1, 0.15) is 83.9 Å².